The van der Waals surface area contributed by atoms with Gasteiger partial charge in [-0.15, -0.1) is 0 Å². The number of amides is 1. The van der Waals surface area contributed by atoms with Crippen molar-refractivity contribution in [3.05, 3.63) is 35.4 Å². The van der Waals surface area contributed by atoms with Crippen molar-refractivity contribution in [2.75, 3.05) is 13.6 Å². The van der Waals surface area contributed by atoms with Crippen molar-refractivity contribution >= 4 is 5.91 Å². The molecule has 1 amide bonds. The van der Waals surface area contributed by atoms with Crippen LogP contribution in [0.4, 0.5) is 0 Å². The molecule has 3 nitrogen and oxygen atoms in total. The Labute approximate surface area is 97.2 Å². The largest absolute Gasteiger partial charge is 0.341 e. The van der Waals surface area contributed by atoms with E-state index >= 15 is 0 Å². The molecule has 0 aliphatic rings. The van der Waals surface area contributed by atoms with E-state index in [0.29, 0.717) is 19.5 Å². The summed E-state index contributed by atoms with van der Waals surface area (Å²) in [5, 5.41) is 0. The van der Waals surface area contributed by atoms with Gasteiger partial charge in [0.2, 0.25) is 5.91 Å². The molecule has 0 heterocycles. The summed E-state index contributed by atoms with van der Waals surface area (Å²) < 4.78 is 0. The van der Waals surface area contributed by atoms with Crippen LogP contribution in [0.2, 0.25) is 0 Å². The first-order chi connectivity index (χ1) is 7.67. The third-order valence-electron chi connectivity index (χ3n) is 2.63. The topological polar surface area (TPSA) is 46.3 Å². The maximum Gasteiger partial charge on any atom is 0.223 e. The van der Waals surface area contributed by atoms with E-state index in [4.69, 9.17) is 5.73 Å². The summed E-state index contributed by atoms with van der Waals surface area (Å²) in [6.07, 6.45) is 1.46. The molecule has 3 heteroatoms. The Morgan fingerprint density at radius 2 is 1.81 bits per heavy atom. The summed E-state index contributed by atoms with van der Waals surface area (Å²) in [4.78, 5) is 13.2. The SMILES string of the molecule is CCc1ccc(CN(C)C(=O)CCN)cc1. The Balaban J connectivity index is 2.55. The smallest absolute Gasteiger partial charge is 0.223 e. The van der Waals surface area contributed by atoms with E-state index in [9.17, 15) is 4.79 Å². The first kappa shape index (κ1) is 12.7. The van der Waals surface area contributed by atoms with Gasteiger partial charge < -0.3 is 10.6 Å². The number of hydrogen-bond donors (Lipinski definition) is 1. The van der Waals surface area contributed by atoms with E-state index < -0.39 is 0 Å². The fourth-order valence-corrected chi connectivity index (χ4v) is 1.56. The molecule has 0 aliphatic carbocycles. The average molecular weight is 220 g/mol. The molecule has 0 saturated carbocycles. The summed E-state index contributed by atoms with van der Waals surface area (Å²) in [6.45, 7) is 3.20. The lowest BCUT2D eigenvalue weighted by Crippen LogP contribution is -2.27. The number of rotatable bonds is 5. The molecular weight excluding hydrogens is 200 g/mol. The van der Waals surface area contributed by atoms with Gasteiger partial charge in [0.25, 0.3) is 0 Å². The zero-order valence-corrected chi connectivity index (χ0v) is 10.1. The van der Waals surface area contributed by atoms with Crippen LogP contribution in [0, 0.1) is 0 Å². The van der Waals surface area contributed by atoms with Crippen molar-refractivity contribution in [1.29, 1.82) is 0 Å². The van der Waals surface area contributed by atoms with Crippen LogP contribution in [0.25, 0.3) is 0 Å². The summed E-state index contributed by atoms with van der Waals surface area (Å²) >= 11 is 0. The Morgan fingerprint density at radius 1 is 1.25 bits per heavy atom. The van der Waals surface area contributed by atoms with Crippen LogP contribution >= 0.6 is 0 Å². The lowest BCUT2D eigenvalue weighted by atomic mass is 10.1. The van der Waals surface area contributed by atoms with E-state index in [-0.39, 0.29) is 5.91 Å². The van der Waals surface area contributed by atoms with Crippen molar-refractivity contribution in [2.24, 2.45) is 5.73 Å². The first-order valence-corrected chi connectivity index (χ1v) is 5.69. The minimum absolute atomic E-state index is 0.0991. The van der Waals surface area contributed by atoms with Crippen LogP contribution in [-0.4, -0.2) is 24.4 Å². The highest BCUT2D eigenvalue weighted by Crippen LogP contribution is 2.07. The number of carbonyl (C=O) groups is 1. The van der Waals surface area contributed by atoms with Crippen LogP contribution in [0.1, 0.15) is 24.5 Å². The van der Waals surface area contributed by atoms with Gasteiger partial charge in [-0.1, -0.05) is 31.2 Å². The standard InChI is InChI=1S/C13H20N2O/c1-3-11-4-6-12(7-5-11)10-15(2)13(16)8-9-14/h4-7H,3,8-10,14H2,1-2H3. The molecule has 0 atom stereocenters. The Kier molecular flexibility index (Phi) is 4.99. The second kappa shape index (κ2) is 6.28. The van der Waals surface area contributed by atoms with Gasteiger partial charge in [0.15, 0.2) is 0 Å². The van der Waals surface area contributed by atoms with Crippen LogP contribution in [-0.2, 0) is 17.8 Å². The third kappa shape index (κ3) is 3.66. The molecule has 16 heavy (non-hydrogen) atoms. The molecular formula is C13H20N2O. The maximum absolute atomic E-state index is 11.5. The number of carbonyl (C=O) groups excluding carboxylic acids is 1. The molecule has 2 N–H and O–H groups in total. The Hall–Kier alpha value is -1.35. The molecule has 0 fully saturated rings. The fraction of sp³-hybridized carbons (Fsp3) is 0.462. The van der Waals surface area contributed by atoms with Gasteiger partial charge in [-0.25, -0.2) is 0 Å². The highest BCUT2D eigenvalue weighted by atomic mass is 16.2. The molecule has 0 spiro atoms. The van der Waals surface area contributed by atoms with Crippen LogP contribution in [0.3, 0.4) is 0 Å². The second-order valence-corrected chi connectivity index (χ2v) is 3.96. The summed E-state index contributed by atoms with van der Waals surface area (Å²) in [6, 6.07) is 8.36. The van der Waals surface area contributed by atoms with E-state index in [2.05, 4.69) is 31.2 Å². The van der Waals surface area contributed by atoms with Gasteiger partial charge in [0, 0.05) is 26.6 Å². The van der Waals surface area contributed by atoms with E-state index in [0.717, 1.165) is 12.0 Å². The number of aryl methyl sites for hydroxylation is 1. The van der Waals surface area contributed by atoms with Crippen molar-refractivity contribution in [1.82, 2.24) is 4.90 Å². The van der Waals surface area contributed by atoms with Gasteiger partial charge in [0.1, 0.15) is 0 Å². The van der Waals surface area contributed by atoms with Gasteiger partial charge in [-0.05, 0) is 17.5 Å². The summed E-state index contributed by atoms with van der Waals surface area (Å²) in [5.74, 6) is 0.0991. The zero-order chi connectivity index (χ0) is 12.0. The summed E-state index contributed by atoms with van der Waals surface area (Å²) in [7, 11) is 1.81. The number of benzene rings is 1. The number of nitrogens with two attached hydrogens (primary N) is 1. The Morgan fingerprint density at radius 3 is 2.31 bits per heavy atom. The highest BCUT2D eigenvalue weighted by Gasteiger charge is 2.07. The second-order valence-electron chi connectivity index (χ2n) is 3.96. The minimum Gasteiger partial charge on any atom is -0.341 e. The molecule has 1 aromatic carbocycles. The van der Waals surface area contributed by atoms with Gasteiger partial charge in [-0.2, -0.15) is 0 Å². The molecule has 1 rings (SSSR count). The first-order valence-electron chi connectivity index (χ1n) is 5.69. The molecule has 0 saturated heterocycles. The fourth-order valence-electron chi connectivity index (χ4n) is 1.56. The number of hydrogen-bond acceptors (Lipinski definition) is 2. The summed E-state index contributed by atoms with van der Waals surface area (Å²) in [5.41, 5.74) is 7.83. The monoisotopic (exact) mass is 220 g/mol. The predicted molar refractivity (Wildman–Crippen MR) is 66.0 cm³/mol. The zero-order valence-electron chi connectivity index (χ0n) is 10.1. The molecule has 0 bridgehead atoms. The molecule has 0 unspecified atom stereocenters. The van der Waals surface area contributed by atoms with Gasteiger partial charge in [0.05, 0.1) is 0 Å². The normalized spacial score (nSPS) is 10.2. The maximum atomic E-state index is 11.5. The Bertz CT molecular complexity index is 332. The van der Waals surface area contributed by atoms with Gasteiger partial charge >= 0.3 is 0 Å². The molecule has 88 valence electrons. The molecule has 0 radical (unpaired) electrons. The van der Waals surface area contributed by atoms with Crippen molar-refractivity contribution in [3.8, 4) is 0 Å². The quantitative estimate of drug-likeness (QED) is 0.818. The third-order valence-corrected chi connectivity index (χ3v) is 2.63. The molecule has 1 aromatic rings. The average Bonchev–Trinajstić information content (AvgIpc) is 2.30. The van der Waals surface area contributed by atoms with Crippen molar-refractivity contribution < 1.29 is 4.79 Å². The molecule has 0 aromatic heterocycles. The number of nitrogens with zero attached hydrogens (tertiary/aromatic N) is 1. The van der Waals surface area contributed by atoms with E-state index in [1.165, 1.54) is 5.56 Å². The predicted octanol–water partition coefficient (Wildman–Crippen LogP) is 1.56. The van der Waals surface area contributed by atoms with Gasteiger partial charge in [-0.3, -0.25) is 4.79 Å². The van der Waals surface area contributed by atoms with E-state index in [1.54, 1.807) is 4.90 Å². The van der Waals surface area contributed by atoms with Crippen LogP contribution < -0.4 is 5.73 Å². The van der Waals surface area contributed by atoms with Crippen LogP contribution in [0.15, 0.2) is 24.3 Å². The van der Waals surface area contributed by atoms with Crippen molar-refractivity contribution in [3.63, 3.8) is 0 Å². The van der Waals surface area contributed by atoms with Crippen LogP contribution in [0.5, 0.6) is 0 Å². The lowest BCUT2D eigenvalue weighted by molar-refractivity contribution is -0.130. The van der Waals surface area contributed by atoms with E-state index in [1.807, 2.05) is 7.05 Å². The highest BCUT2D eigenvalue weighted by molar-refractivity contribution is 5.76. The lowest BCUT2D eigenvalue weighted by Gasteiger charge is -2.17. The minimum atomic E-state index is 0.0991. The molecule has 0 aliphatic heterocycles. The van der Waals surface area contributed by atoms with Crippen molar-refractivity contribution in [2.45, 2.75) is 26.3 Å².